The number of rotatable bonds is 3. The molecule has 0 aliphatic carbocycles. The molecular formula is C9H18N4O3S2. The van der Waals surface area contributed by atoms with Crippen molar-refractivity contribution in [2.45, 2.75) is 6.92 Å². The van der Waals surface area contributed by atoms with Gasteiger partial charge in [0, 0.05) is 26.6 Å². The molecule has 0 rings (SSSR count). The van der Waals surface area contributed by atoms with Gasteiger partial charge in [0.05, 0.1) is 6.61 Å². The van der Waals surface area contributed by atoms with Gasteiger partial charge in [-0.3, -0.25) is 5.32 Å². The minimum absolute atomic E-state index is 0.102. The monoisotopic (exact) mass is 294 g/mol. The second-order valence-electron chi connectivity index (χ2n) is 3.08. The number of carbonyl (C=O) groups is 2. The number of carbonyl (C=O) groups excluding carboxylic acids is 2. The second-order valence-corrected chi connectivity index (χ2v) is 4.77. The number of ether oxygens (including phenoxy) is 1. The summed E-state index contributed by atoms with van der Waals surface area (Å²) in [6.07, 6.45) is 3.52. The Hall–Kier alpha value is -1.09. The molecule has 0 aromatic heterocycles. The third-order valence-electron chi connectivity index (χ3n) is 1.57. The summed E-state index contributed by atoms with van der Waals surface area (Å²) in [7, 11) is 3.13. The number of urea groups is 2. The number of nitrogens with one attached hydrogen (secondary N) is 1. The molecule has 0 fully saturated rings. The van der Waals surface area contributed by atoms with Gasteiger partial charge in [-0.25, -0.2) is 13.3 Å². The summed E-state index contributed by atoms with van der Waals surface area (Å²) in [6.45, 7) is 2.04. The van der Waals surface area contributed by atoms with Crippen molar-refractivity contribution in [2.24, 2.45) is 4.99 Å². The molecule has 0 radical (unpaired) electrons. The molecule has 0 heterocycles. The molecular weight excluding hydrogens is 276 g/mol. The Balaban J connectivity index is 4.72. The number of amidine groups is 1. The van der Waals surface area contributed by atoms with E-state index in [2.05, 4.69) is 10.3 Å². The highest BCUT2D eigenvalue weighted by Crippen LogP contribution is 2.15. The van der Waals surface area contributed by atoms with Gasteiger partial charge in [0.2, 0.25) is 0 Å². The normalized spacial score (nSPS) is 10.8. The van der Waals surface area contributed by atoms with Crippen LogP contribution in [0.15, 0.2) is 4.99 Å². The van der Waals surface area contributed by atoms with Gasteiger partial charge in [-0.1, -0.05) is 0 Å². The lowest BCUT2D eigenvalue weighted by Crippen LogP contribution is -2.38. The van der Waals surface area contributed by atoms with Crippen molar-refractivity contribution in [2.75, 3.05) is 33.2 Å². The molecule has 9 heteroatoms. The van der Waals surface area contributed by atoms with Gasteiger partial charge in [-0.15, -0.1) is 4.99 Å². The van der Waals surface area contributed by atoms with Crippen molar-refractivity contribution in [3.05, 3.63) is 0 Å². The van der Waals surface area contributed by atoms with Gasteiger partial charge in [0.25, 0.3) is 0 Å². The molecule has 18 heavy (non-hydrogen) atoms. The predicted octanol–water partition coefficient (Wildman–Crippen LogP) is 1.63. The number of hydrogen-bond donors (Lipinski definition) is 1. The first-order valence-electron chi connectivity index (χ1n) is 5.08. The van der Waals surface area contributed by atoms with E-state index in [1.807, 2.05) is 0 Å². The van der Waals surface area contributed by atoms with Gasteiger partial charge in [-0.2, -0.15) is 0 Å². The Morgan fingerprint density at radius 3 is 2.22 bits per heavy atom. The van der Waals surface area contributed by atoms with E-state index in [-0.39, 0.29) is 6.02 Å². The van der Waals surface area contributed by atoms with E-state index >= 15 is 0 Å². The van der Waals surface area contributed by atoms with E-state index in [4.69, 9.17) is 4.74 Å². The fourth-order valence-corrected chi connectivity index (χ4v) is 1.82. The molecule has 0 bridgehead atoms. The molecule has 4 amide bonds. The van der Waals surface area contributed by atoms with Crippen molar-refractivity contribution in [1.82, 2.24) is 13.9 Å². The average molecular weight is 294 g/mol. The van der Waals surface area contributed by atoms with E-state index in [9.17, 15) is 9.59 Å². The van der Waals surface area contributed by atoms with E-state index in [0.29, 0.717) is 6.61 Å². The SMILES string of the molecule is CCOC(=NC(=O)N(C)C)NC(=O)N(SC)SC. The molecule has 0 saturated carbocycles. The first kappa shape index (κ1) is 16.9. The fourth-order valence-electron chi connectivity index (χ4n) is 0.797. The lowest BCUT2D eigenvalue weighted by molar-refractivity contribution is 0.224. The largest absolute Gasteiger partial charge is 0.465 e. The summed E-state index contributed by atoms with van der Waals surface area (Å²) >= 11 is 2.48. The Morgan fingerprint density at radius 1 is 1.28 bits per heavy atom. The summed E-state index contributed by atoms with van der Waals surface area (Å²) in [4.78, 5) is 28.1. The molecule has 1 N–H and O–H groups in total. The standard InChI is InChI=1S/C9H18N4O3S2/c1-6-16-7(10-8(14)12(2)3)11-9(15)13(17-4)18-5/h6H2,1-5H3,(H,10,11,14,15). The van der Waals surface area contributed by atoms with E-state index in [1.165, 1.54) is 32.5 Å². The highest BCUT2D eigenvalue weighted by Gasteiger charge is 2.16. The Kier molecular flexibility index (Phi) is 8.38. The van der Waals surface area contributed by atoms with Crippen LogP contribution in [-0.2, 0) is 4.74 Å². The third kappa shape index (κ3) is 6.01. The topological polar surface area (TPSA) is 74.2 Å². The van der Waals surface area contributed by atoms with Crippen LogP contribution < -0.4 is 5.32 Å². The lowest BCUT2D eigenvalue weighted by atomic mass is 10.8. The van der Waals surface area contributed by atoms with E-state index < -0.39 is 12.1 Å². The molecule has 0 spiro atoms. The molecule has 0 atom stereocenters. The number of nitrogens with zero attached hydrogens (tertiary/aromatic N) is 3. The summed E-state index contributed by atoms with van der Waals surface area (Å²) in [5, 5.41) is 2.43. The van der Waals surface area contributed by atoms with Gasteiger partial charge in [0.15, 0.2) is 0 Å². The number of hydrogen-bond acceptors (Lipinski definition) is 5. The molecule has 0 aliphatic rings. The maximum absolute atomic E-state index is 11.7. The summed E-state index contributed by atoms with van der Waals surface area (Å²) in [5.41, 5.74) is 0. The Bertz CT molecular complexity index is 319. The molecule has 0 saturated heterocycles. The zero-order valence-corrected chi connectivity index (χ0v) is 12.7. The molecule has 0 aromatic carbocycles. The zero-order chi connectivity index (χ0) is 14.1. The van der Waals surface area contributed by atoms with Crippen molar-refractivity contribution in [1.29, 1.82) is 0 Å². The summed E-state index contributed by atoms with van der Waals surface area (Å²) in [5.74, 6) is 0. The molecule has 0 aromatic rings. The lowest BCUT2D eigenvalue weighted by Gasteiger charge is -2.17. The maximum atomic E-state index is 11.7. The van der Waals surface area contributed by atoms with Crippen LogP contribution in [0, 0.1) is 0 Å². The molecule has 104 valence electrons. The van der Waals surface area contributed by atoms with Gasteiger partial charge in [0.1, 0.15) is 0 Å². The number of aliphatic imine (C=N–C) groups is 1. The van der Waals surface area contributed by atoms with Crippen LogP contribution in [0.5, 0.6) is 0 Å². The predicted molar refractivity (Wildman–Crippen MR) is 75.5 cm³/mol. The number of amides is 4. The van der Waals surface area contributed by atoms with Crippen LogP contribution in [0.1, 0.15) is 6.92 Å². The smallest absolute Gasteiger partial charge is 0.347 e. The second kappa shape index (κ2) is 8.92. The van der Waals surface area contributed by atoms with Gasteiger partial charge < -0.3 is 9.64 Å². The van der Waals surface area contributed by atoms with Crippen LogP contribution in [0.25, 0.3) is 0 Å². The highest BCUT2D eigenvalue weighted by molar-refractivity contribution is 8.12. The minimum Gasteiger partial charge on any atom is -0.465 e. The molecule has 0 unspecified atom stereocenters. The van der Waals surface area contributed by atoms with Crippen molar-refractivity contribution in [3.8, 4) is 0 Å². The van der Waals surface area contributed by atoms with Crippen LogP contribution in [0.3, 0.4) is 0 Å². The first-order chi connectivity index (χ1) is 8.46. The first-order valence-corrected chi connectivity index (χ1v) is 7.44. The Morgan fingerprint density at radius 2 is 1.83 bits per heavy atom. The molecule has 0 aliphatic heterocycles. The fraction of sp³-hybridized carbons (Fsp3) is 0.667. The van der Waals surface area contributed by atoms with Crippen LogP contribution in [0.2, 0.25) is 0 Å². The summed E-state index contributed by atoms with van der Waals surface area (Å²) < 4.78 is 6.50. The van der Waals surface area contributed by atoms with Gasteiger partial charge in [-0.05, 0) is 30.8 Å². The quantitative estimate of drug-likeness (QED) is 0.486. The average Bonchev–Trinajstić information content (AvgIpc) is 2.30. The van der Waals surface area contributed by atoms with Crippen molar-refractivity contribution in [3.63, 3.8) is 0 Å². The van der Waals surface area contributed by atoms with Crippen molar-refractivity contribution >= 4 is 42.0 Å². The van der Waals surface area contributed by atoms with Crippen molar-refractivity contribution < 1.29 is 14.3 Å². The highest BCUT2D eigenvalue weighted by atomic mass is 32.2. The van der Waals surface area contributed by atoms with Crippen LogP contribution >= 0.6 is 23.9 Å². The van der Waals surface area contributed by atoms with Crippen LogP contribution in [0.4, 0.5) is 9.59 Å². The maximum Gasteiger partial charge on any atom is 0.347 e. The Labute approximate surface area is 116 Å². The zero-order valence-electron chi connectivity index (χ0n) is 11.1. The minimum atomic E-state index is -0.501. The third-order valence-corrected chi connectivity index (χ3v) is 3.46. The van der Waals surface area contributed by atoms with E-state index in [1.54, 1.807) is 33.5 Å². The van der Waals surface area contributed by atoms with E-state index in [0.717, 1.165) is 0 Å². The van der Waals surface area contributed by atoms with Gasteiger partial charge >= 0.3 is 18.1 Å². The molecule has 7 nitrogen and oxygen atoms in total. The van der Waals surface area contributed by atoms with Crippen LogP contribution in [-0.4, -0.2) is 59.9 Å². The summed E-state index contributed by atoms with van der Waals surface area (Å²) in [6, 6.07) is -1.01.